The van der Waals surface area contributed by atoms with Crippen molar-refractivity contribution in [1.82, 2.24) is 9.97 Å². The molecule has 102 valence electrons. The topological polar surface area (TPSA) is 128 Å². The molecule has 0 amide bonds. The summed E-state index contributed by atoms with van der Waals surface area (Å²) in [4.78, 5) is 27.5. The average Bonchev–Trinajstić information content (AvgIpc) is 2.83. The van der Waals surface area contributed by atoms with Crippen LogP contribution < -0.4 is 0 Å². The summed E-state index contributed by atoms with van der Waals surface area (Å²) in [5.41, 5.74) is -0.636. The van der Waals surface area contributed by atoms with Crippen LogP contribution in [0.2, 0.25) is 0 Å². The van der Waals surface area contributed by atoms with Gasteiger partial charge in [-0.3, -0.25) is 0 Å². The van der Waals surface area contributed by atoms with Crippen molar-refractivity contribution in [2.24, 2.45) is 10.2 Å². The van der Waals surface area contributed by atoms with Crippen molar-refractivity contribution in [1.29, 1.82) is 0 Å². The summed E-state index contributed by atoms with van der Waals surface area (Å²) in [6, 6.07) is 6.85. The number of nitrogens with zero attached hydrogens (tertiary/aromatic N) is 3. The Hall–Kier alpha value is -2.55. The third kappa shape index (κ3) is 3.06. The highest BCUT2D eigenvalue weighted by atomic mass is 79.9. The summed E-state index contributed by atoms with van der Waals surface area (Å²) in [7, 11) is 0. The predicted octanol–water partition coefficient (Wildman–Crippen LogP) is 2.98. The van der Waals surface area contributed by atoms with Crippen molar-refractivity contribution in [2.45, 2.75) is 0 Å². The number of aromatic nitrogens is 2. The first-order valence-corrected chi connectivity index (χ1v) is 6.00. The first-order valence-electron chi connectivity index (χ1n) is 5.21. The van der Waals surface area contributed by atoms with E-state index in [1.54, 1.807) is 24.3 Å². The molecule has 2 aromatic rings. The molecule has 1 aromatic heterocycles. The molecule has 0 aliphatic carbocycles. The lowest BCUT2D eigenvalue weighted by atomic mass is 10.3. The monoisotopic (exact) mass is 338 g/mol. The molecule has 0 radical (unpaired) electrons. The second-order valence-electron chi connectivity index (χ2n) is 3.57. The molecule has 0 saturated heterocycles. The van der Waals surface area contributed by atoms with Gasteiger partial charge in [-0.05, 0) is 24.3 Å². The Morgan fingerprint density at radius 3 is 2.25 bits per heavy atom. The molecule has 0 aliphatic rings. The van der Waals surface area contributed by atoms with Gasteiger partial charge in [0.2, 0.25) is 5.95 Å². The number of aromatic amines is 1. The molecule has 0 fully saturated rings. The zero-order valence-corrected chi connectivity index (χ0v) is 11.3. The van der Waals surface area contributed by atoms with Gasteiger partial charge in [0.15, 0.2) is 11.4 Å². The normalized spacial score (nSPS) is 10.8. The smallest absolute Gasteiger partial charge is 0.357 e. The largest absolute Gasteiger partial charge is 0.477 e. The van der Waals surface area contributed by atoms with Crippen molar-refractivity contribution < 1.29 is 19.8 Å². The van der Waals surface area contributed by atoms with Gasteiger partial charge >= 0.3 is 11.9 Å². The summed E-state index contributed by atoms with van der Waals surface area (Å²) in [5, 5.41) is 25.1. The lowest BCUT2D eigenvalue weighted by Gasteiger charge is -1.91. The predicted molar refractivity (Wildman–Crippen MR) is 70.8 cm³/mol. The summed E-state index contributed by atoms with van der Waals surface area (Å²) in [5.74, 6) is -3.08. The van der Waals surface area contributed by atoms with Crippen LogP contribution in [0.5, 0.6) is 0 Å². The first kappa shape index (κ1) is 13.9. The molecular weight excluding hydrogens is 332 g/mol. The second-order valence-corrected chi connectivity index (χ2v) is 4.49. The summed E-state index contributed by atoms with van der Waals surface area (Å²) in [6.45, 7) is 0. The molecule has 1 aromatic carbocycles. The number of rotatable bonds is 4. The molecule has 0 saturated carbocycles. The van der Waals surface area contributed by atoms with Crippen LogP contribution in [0, 0.1) is 0 Å². The van der Waals surface area contributed by atoms with Crippen LogP contribution in [-0.4, -0.2) is 32.1 Å². The van der Waals surface area contributed by atoms with E-state index in [2.05, 4.69) is 36.1 Å². The Balaban J connectivity index is 2.30. The quantitative estimate of drug-likeness (QED) is 0.738. The van der Waals surface area contributed by atoms with E-state index in [1.807, 2.05) is 0 Å². The van der Waals surface area contributed by atoms with E-state index in [9.17, 15) is 9.59 Å². The average molecular weight is 339 g/mol. The van der Waals surface area contributed by atoms with Crippen LogP contribution in [0.15, 0.2) is 39.0 Å². The van der Waals surface area contributed by atoms with Gasteiger partial charge in [-0.2, -0.15) is 0 Å². The fourth-order valence-electron chi connectivity index (χ4n) is 1.33. The molecule has 8 nitrogen and oxygen atoms in total. The molecule has 0 aliphatic heterocycles. The number of imidazole rings is 1. The number of hydrogen-bond acceptors (Lipinski definition) is 5. The Labute approximate surface area is 120 Å². The molecule has 0 bridgehead atoms. The van der Waals surface area contributed by atoms with Crippen molar-refractivity contribution in [2.75, 3.05) is 0 Å². The number of aromatic carboxylic acids is 2. The highest BCUT2D eigenvalue weighted by molar-refractivity contribution is 9.10. The highest BCUT2D eigenvalue weighted by Gasteiger charge is 2.21. The Morgan fingerprint density at radius 1 is 1.10 bits per heavy atom. The number of hydrogen-bond donors (Lipinski definition) is 3. The van der Waals surface area contributed by atoms with Gasteiger partial charge in [-0.25, -0.2) is 14.6 Å². The minimum Gasteiger partial charge on any atom is -0.477 e. The lowest BCUT2D eigenvalue weighted by molar-refractivity contribution is 0.0644. The number of carboxylic acid groups (broad SMARTS) is 2. The van der Waals surface area contributed by atoms with Crippen LogP contribution in [0.25, 0.3) is 0 Å². The van der Waals surface area contributed by atoms with Crippen LogP contribution in [0.3, 0.4) is 0 Å². The van der Waals surface area contributed by atoms with E-state index in [-0.39, 0.29) is 5.95 Å². The Kier molecular flexibility index (Phi) is 3.89. The van der Waals surface area contributed by atoms with Crippen molar-refractivity contribution >= 4 is 39.5 Å². The van der Waals surface area contributed by atoms with Gasteiger partial charge in [-0.1, -0.05) is 15.9 Å². The van der Waals surface area contributed by atoms with E-state index in [4.69, 9.17) is 10.2 Å². The number of carbonyl (C=O) groups is 2. The SMILES string of the molecule is O=C(O)c1nc(N=Nc2ccc(Br)cc2)[nH]c1C(=O)O. The van der Waals surface area contributed by atoms with Gasteiger partial charge in [0, 0.05) is 4.47 Å². The maximum atomic E-state index is 10.8. The lowest BCUT2D eigenvalue weighted by Crippen LogP contribution is -2.07. The molecule has 9 heteroatoms. The van der Waals surface area contributed by atoms with E-state index in [0.29, 0.717) is 5.69 Å². The first-order chi connectivity index (χ1) is 9.47. The maximum absolute atomic E-state index is 10.8. The van der Waals surface area contributed by atoms with Gasteiger partial charge in [0.25, 0.3) is 0 Å². The third-order valence-electron chi connectivity index (χ3n) is 2.19. The van der Waals surface area contributed by atoms with Crippen molar-refractivity contribution in [3.63, 3.8) is 0 Å². The minimum absolute atomic E-state index is 0.192. The third-order valence-corrected chi connectivity index (χ3v) is 2.72. The van der Waals surface area contributed by atoms with E-state index >= 15 is 0 Å². The van der Waals surface area contributed by atoms with Crippen LogP contribution in [0.4, 0.5) is 11.6 Å². The van der Waals surface area contributed by atoms with Crippen LogP contribution in [0.1, 0.15) is 21.0 Å². The number of azo groups is 1. The maximum Gasteiger partial charge on any atom is 0.357 e. The highest BCUT2D eigenvalue weighted by Crippen LogP contribution is 2.20. The molecule has 0 spiro atoms. The van der Waals surface area contributed by atoms with E-state index < -0.39 is 23.3 Å². The summed E-state index contributed by atoms with van der Waals surface area (Å²) >= 11 is 3.26. The van der Waals surface area contributed by atoms with Crippen molar-refractivity contribution in [3.05, 3.63) is 40.1 Å². The standard InChI is InChI=1S/C11H7BrN4O4/c12-5-1-3-6(4-2-5)15-16-11-13-7(9(17)18)8(14-11)10(19)20/h1-4H,(H,13,14)(H,17,18)(H,19,20). The van der Waals surface area contributed by atoms with Gasteiger partial charge in [-0.15, -0.1) is 10.2 Å². The molecule has 2 rings (SSSR count). The molecule has 0 unspecified atom stereocenters. The minimum atomic E-state index is -1.45. The zero-order chi connectivity index (χ0) is 14.7. The van der Waals surface area contributed by atoms with E-state index in [1.165, 1.54) is 0 Å². The number of carboxylic acids is 2. The number of benzene rings is 1. The van der Waals surface area contributed by atoms with Crippen LogP contribution in [-0.2, 0) is 0 Å². The van der Waals surface area contributed by atoms with E-state index in [0.717, 1.165) is 4.47 Å². The molecule has 1 heterocycles. The number of H-pyrrole nitrogens is 1. The molecule has 3 N–H and O–H groups in total. The zero-order valence-electron chi connectivity index (χ0n) is 9.74. The van der Waals surface area contributed by atoms with Crippen molar-refractivity contribution in [3.8, 4) is 0 Å². The number of halogens is 1. The van der Waals surface area contributed by atoms with Gasteiger partial charge in [0.1, 0.15) is 0 Å². The van der Waals surface area contributed by atoms with Gasteiger partial charge in [0.05, 0.1) is 5.69 Å². The number of nitrogens with one attached hydrogen (secondary N) is 1. The Morgan fingerprint density at radius 2 is 1.75 bits per heavy atom. The molecular formula is C11H7BrN4O4. The van der Waals surface area contributed by atoms with Crippen LogP contribution >= 0.6 is 15.9 Å². The fraction of sp³-hybridized carbons (Fsp3) is 0. The summed E-state index contributed by atoms with van der Waals surface area (Å²) in [6.07, 6.45) is 0. The molecule has 20 heavy (non-hydrogen) atoms. The Bertz CT molecular complexity index is 661. The molecule has 0 atom stereocenters. The second kappa shape index (κ2) is 5.61. The summed E-state index contributed by atoms with van der Waals surface area (Å²) < 4.78 is 0.871. The fourth-order valence-corrected chi connectivity index (χ4v) is 1.59. The van der Waals surface area contributed by atoms with Gasteiger partial charge < -0.3 is 15.2 Å².